The predicted molar refractivity (Wildman–Crippen MR) is 80.2 cm³/mol. The second kappa shape index (κ2) is 6.06. The molecule has 0 aliphatic rings. The number of hydrogen-bond acceptors (Lipinski definition) is 3. The van der Waals surface area contributed by atoms with E-state index in [1.807, 2.05) is 60.7 Å². The highest BCUT2D eigenvalue weighted by Crippen LogP contribution is 2.33. The van der Waals surface area contributed by atoms with Crippen LogP contribution in [0.25, 0.3) is 0 Å². The van der Waals surface area contributed by atoms with Crippen molar-refractivity contribution < 1.29 is 9.53 Å². The van der Waals surface area contributed by atoms with E-state index >= 15 is 0 Å². The standard InChI is InChI=1S/C18H15NO2/c1-14(13-19)17(20)21-18(2,15-9-5-3-6-10-15)16-11-7-4-8-12-16/h3-12H,1H2,2H3. The van der Waals surface area contributed by atoms with E-state index in [0.29, 0.717) is 0 Å². The van der Waals surface area contributed by atoms with Gasteiger partial charge in [0.15, 0.2) is 5.60 Å². The molecule has 2 aromatic rings. The van der Waals surface area contributed by atoms with Gasteiger partial charge in [0.25, 0.3) is 0 Å². The lowest BCUT2D eigenvalue weighted by Crippen LogP contribution is -2.31. The molecule has 0 aliphatic heterocycles. The molecule has 0 aromatic heterocycles. The van der Waals surface area contributed by atoms with Crippen LogP contribution in [0.4, 0.5) is 0 Å². The molecule has 2 rings (SSSR count). The first-order valence-corrected chi connectivity index (χ1v) is 6.51. The summed E-state index contributed by atoms with van der Waals surface area (Å²) in [5.41, 5.74) is 0.470. The van der Waals surface area contributed by atoms with E-state index in [-0.39, 0.29) is 5.57 Å². The third-order valence-corrected chi connectivity index (χ3v) is 3.33. The van der Waals surface area contributed by atoms with Gasteiger partial charge in [-0.15, -0.1) is 0 Å². The Morgan fingerprint density at radius 3 is 1.86 bits per heavy atom. The molecule has 0 bridgehead atoms. The predicted octanol–water partition coefficient (Wildman–Crippen LogP) is 3.57. The maximum Gasteiger partial charge on any atom is 0.349 e. The highest BCUT2D eigenvalue weighted by molar-refractivity contribution is 5.92. The fraction of sp³-hybridized carbons (Fsp3) is 0.111. The second-order valence-corrected chi connectivity index (χ2v) is 4.75. The van der Waals surface area contributed by atoms with Gasteiger partial charge in [0, 0.05) is 0 Å². The largest absolute Gasteiger partial charge is 0.445 e. The molecule has 0 atom stereocenters. The van der Waals surface area contributed by atoms with Crippen molar-refractivity contribution in [2.24, 2.45) is 0 Å². The lowest BCUT2D eigenvalue weighted by Gasteiger charge is -2.30. The van der Waals surface area contributed by atoms with Crippen LogP contribution in [0.5, 0.6) is 0 Å². The van der Waals surface area contributed by atoms with Crippen molar-refractivity contribution in [2.75, 3.05) is 0 Å². The zero-order valence-electron chi connectivity index (χ0n) is 11.7. The van der Waals surface area contributed by atoms with E-state index in [2.05, 4.69) is 6.58 Å². The monoisotopic (exact) mass is 277 g/mol. The topological polar surface area (TPSA) is 50.1 Å². The Bertz CT molecular complexity index is 645. The molecular formula is C18H15NO2. The van der Waals surface area contributed by atoms with Crippen LogP contribution in [0.2, 0.25) is 0 Å². The van der Waals surface area contributed by atoms with Gasteiger partial charge < -0.3 is 4.74 Å². The minimum absolute atomic E-state index is 0.215. The van der Waals surface area contributed by atoms with E-state index in [0.717, 1.165) is 11.1 Å². The molecule has 0 saturated carbocycles. The molecule has 0 saturated heterocycles. The molecule has 0 amide bonds. The number of carbonyl (C=O) groups excluding carboxylic acids is 1. The Hall–Kier alpha value is -2.86. The minimum Gasteiger partial charge on any atom is -0.445 e. The highest BCUT2D eigenvalue weighted by Gasteiger charge is 2.33. The molecule has 0 fully saturated rings. The van der Waals surface area contributed by atoms with Gasteiger partial charge in [-0.1, -0.05) is 67.2 Å². The summed E-state index contributed by atoms with van der Waals surface area (Å²) in [5, 5.41) is 8.79. The van der Waals surface area contributed by atoms with Gasteiger partial charge in [-0.05, 0) is 18.1 Å². The normalized spacial score (nSPS) is 10.5. The van der Waals surface area contributed by atoms with Crippen LogP contribution in [0.1, 0.15) is 18.1 Å². The average molecular weight is 277 g/mol. The molecule has 21 heavy (non-hydrogen) atoms. The van der Waals surface area contributed by atoms with Gasteiger partial charge in [-0.25, -0.2) is 4.79 Å². The number of carbonyl (C=O) groups is 1. The molecule has 2 aromatic carbocycles. The summed E-state index contributed by atoms with van der Waals surface area (Å²) in [4.78, 5) is 12.0. The zero-order valence-corrected chi connectivity index (χ0v) is 11.7. The van der Waals surface area contributed by atoms with Gasteiger partial charge in [-0.3, -0.25) is 0 Å². The molecule has 3 nitrogen and oxygen atoms in total. The summed E-state index contributed by atoms with van der Waals surface area (Å²) < 4.78 is 5.60. The molecule has 0 radical (unpaired) electrons. The van der Waals surface area contributed by atoms with E-state index in [1.165, 1.54) is 0 Å². The summed E-state index contributed by atoms with van der Waals surface area (Å²) in [6, 6.07) is 20.6. The van der Waals surface area contributed by atoms with Crippen molar-refractivity contribution in [3.8, 4) is 6.07 Å². The molecule has 0 heterocycles. The van der Waals surface area contributed by atoms with E-state index in [4.69, 9.17) is 10.00 Å². The second-order valence-electron chi connectivity index (χ2n) is 4.75. The van der Waals surface area contributed by atoms with Gasteiger partial charge in [0.05, 0.1) is 0 Å². The van der Waals surface area contributed by atoms with Crippen LogP contribution in [0.15, 0.2) is 72.8 Å². The molecule has 0 aliphatic carbocycles. The Balaban J connectivity index is 2.48. The molecule has 104 valence electrons. The Kier molecular flexibility index (Phi) is 4.20. The number of ether oxygens (including phenoxy) is 1. The smallest absolute Gasteiger partial charge is 0.349 e. The Morgan fingerprint density at radius 2 is 1.48 bits per heavy atom. The van der Waals surface area contributed by atoms with Crippen LogP contribution in [-0.2, 0) is 15.1 Å². The molecular weight excluding hydrogens is 262 g/mol. The summed E-state index contributed by atoms with van der Waals surface area (Å²) in [6.45, 7) is 5.21. The van der Waals surface area contributed by atoms with Crippen LogP contribution in [0, 0.1) is 11.3 Å². The lowest BCUT2D eigenvalue weighted by molar-refractivity contribution is -0.149. The third kappa shape index (κ3) is 3.01. The lowest BCUT2D eigenvalue weighted by atomic mass is 9.88. The molecule has 3 heteroatoms. The van der Waals surface area contributed by atoms with Gasteiger partial charge in [0.2, 0.25) is 0 Å². The van der Waals surface area contributed by atoms with Crippen molar-refractivity contribution in [1.82, 2.24) is 0 Å². The number of benzene rings is 2. The number of esters is 1. The van der Waals surface area contributed by atoms with Gasteiger partial charge in [0.1, 0.15) is 11.6 Å². The summed E-state index contributed by atoms with van der Waals surface area (Å²) >= 11 is 0. The maximum absolute atomic E-state index is 12.0. The zero-order chi connectivity index (χ0) is 15.3. The Labute approximate surface area is 124 Å². The van der Waals surface area contributed by atoms with E-state index < -0.39 is 11.6 Å². The number of rotatable bonds is 4. The fourth-order valence-corrected chi connectivity index (χ4v) is 2.09. The van der Waals surface area contributed by atoms with Crippen LogP contribution in [0.3, 0.4) is 0 Å². The van der Waals surface area contributed by atoms with Crippen molar-refractivity contribution in [1.29, 1.82) is 5.26 Å². The van der Waals surface area contributed by atoms with Crippen LogP contribution < -0.4 is 0 Å². The molecule has 0 spiro atoms. The third-order valence-electron chi connectivity index (χ3n) is 3.33. The first kappa shape index (κ1) is 14.5. The number of hydrogen-bond donors (Lipinski definition) is 0. The van der Waals surface area contributed by atoms with Gasteiger partial charge >= 0.3 is 5.97 Å². The van der Waals surface area contributed by atoms with E-state index in [9.17, 15) is 4.79 Å². The minimum atomic E-state index is -0.973. The quantitative estimate of drug-likeness (QED) is 0.487. The summed E-state index contributed by atoms with van der Waals surface area (Å²) in [5.74, 6) is -0.715. The number of nitriles is 1. The van der Waals surface area contributed by atoms with Crippen molar-refractivity contribution in [3.05, 3.63) is 83.9 Å². The molecule has 0 N–H and O–H groups in total. The van der Waals surface area contributed by atoms with Crippen molar-refractivity contribution in [3.63, 3.8) is 0 Å². The van der Waals surface area contributed by atoms with Crippen molar-refractivity contribution in [2.45, 2.75) is 12.5 Å². The first-order chi connectivity index (χ1) is 10.1. The summed E-state index contributed by atoms with van der Waals surface area (Å²) in [7, 11) is 0. The SMILES string of the molecule is C=C(C#N)C(=O)OC(C)(c1ccccc1)c1ccccc1. The molecule has 0 unspecified atom stereocenters. The summed E-state index contributed by atoms with van der Waals surface area (Å²) in [6.07, 6.45) is 0. The van der Waals surface area contributed by atoms with Crippen molar-refractivity contribution >= 4 is 5.97 Å². The van der Waals surface area contributed by atoms with E-state index in [1.54, 1.807) is 13.0 Å². The highest BCUT2D eigenvalue weighted by atomic mass is 16.6. The Morgan fingerprint density at radius 1 is 1.05 bits per heavy atom. The van der Waals surface area contributed by atoms with Gasteiger partial charge in [-0.2, -0.15) is 5.26 Å². The van der Waals surface area contributed by atoms with Crippen LogP contribution in [-0.4, -0.2) is 5.97 Å². The first-order valence-electron chi connectivity index (χ1n) is 6.51. The number of nitrogens with zero attached hydrogens (tertiary/aromatic N) is 1. The fourth-order valence-electron chi connectivity index (χ4n) is 2.09. The maximum atomic E-state index is 12.0. The van der Waals surface area contributed by atoms with Crippen LogP contribution >= 0.6 is 0 Å². The average Bonchev–Trinajstić information content (AvgIpc) is 2.55.